The summed E-state index contributed by atoms with van der Waals surface area (Å²) in [6, 6.07) is 7.07. The Labute approximate surface area is 137 Å². The van der Waals surface area contributed by atoms with Gasteiger partial charge in [-0.1, -0.05) is 6.07 Å². The van der Waals surface area contributed by atoms with Crippen LogP contribution in [0.15, 0.2) is 28.7 Å². The van der Waals surface area contributed by atoms with Crippen molar-refractivity contribution in [2.24, 2.45) is 5.10 Å². The minimum Gasteiger partial charge on any atom is -0.466 e. The zero-order valence-electron chi connectivity index (χ0n) is 12.4. The van der Waals surface area contributed by atoms with E-state index in [2.05, 4.69) is 15.5 Å². The summed E-state index contributed by atoms with van der Waals surface area (Å²) in [4.78, 5) is 15.6. The fraction of sp³-hybridized carbons (Fsp3) is 0.200. The molecule has 0 aliphatic carbocycles. The number of benzene rings is 1. The molecule has 0 unspecified atom stereocenters. The second-order valence-electron chi connectivity index (χ2n) is 4.45. The smallest absolute Gasteiger partial charge is 0.311 e. The molecular formula is C15H15N5O2S. The SMILES string of the molecule is CCOC(=O)Cc1csc(NN=Cc2ccc(N)c(C#N)c2)n1. The van der Waals surface area contributed by atoms with Crippen LogP contribution in [0.3, 0.4) is 0 Å². The van der Waals surface area contributed by atoms with Gasteiger partial charge in [0.25, 0.3) is 0 Å². The highest BCUT2D eigenvalue weighted by molar-refractivity contribution is 7.13. The monoisotopic (exact) mass is 329 g/mol. The summed E-state index contributed by atoms with van der Waals surface area (Å²) < 4.78 is 4.86. The van der Waals surface area contributed by atoms with Crippen molar-refractivity contribution >= 4 is 34.3 Å². The lowest BCUT2D eigenvalue weighted by atomic mass is 10.1. The van der Waals surface area contributed by atoms with Crippen molar-refractivity contribution in [2.75, 3.05) is 17.8 Å². The summed E-state index contributed by atoms with van der Waals surface area (Å²) in [7, 11) is 0. The molecule has 0 aliphatic heterocycles. The highest BCUT2D eigenvalue weighted by atomic mass is 32.1. The lowest BCUT2D eigenvalue weighted by Crippen LogP contribution is -2.07. The van der Waals surface area contributed by atoms with E-state index in [1.165, 1.54) is 11.3 Å². The number of nitrogen functional groups attached to an aromatic ring is 1. The Hall–Kier alpha value is -2.92. The molecule has 3 N–H and O–H groups in total. The molecule has 0 spiro atoms. The average molecular weight is 329 g/mol. The molecule has 8 heteroatoms. The van der Waals surface area contributed by atoms with Crippen LogP contribution in [0.4, 0.5) is 10.8 Å². The number of esters is 1. The van der Waals surface area contributed by atoms with E-state index in [9.17, 15) is 4.79 Å². The molecule has 1 aromatic heterocycles. The molecule has 1 aromatic carbocycles. The lowest BCUT2D eigenvalue weighted by Gasteiger charge is -1.99. The summed E-state index contributed by atoms with van der Waals surface area (Å²) in [6.45, 7) is 2.11. The van der Waals surface area contributed by atoms with E-state index in [0.717, 1.165) is 5.56 Å². The summed E-state index contributed by atoms with van der Waals surface area (Å²) in [5, 5.41) is 15.3. The molecule has 0 fully saturated rings. The highest BCUT2D eigenvalue weighted by Crippen LogP contribution is 2.16. The molecule has 2 aromatic rings. The van der Waals surface area contributed by atoms with Crippen LogP contribution in [0.5, 0.6) is 0 Å². The minimum absolute atomic E-state index is 0.138. The molecule has 118 valence electrons. The third-order valence-corrected chi connectivity index (χ3v) is 3.55. The van der Waals surface area contributed by atoms with Gasteiger partial charge in [-0.2, -0.15) is 10.4 Å². The average Bonchev–Trinajstić information content (AvgIpc) is 2.96. The number of hydrogen-bond acceptors (Lipinski definition) is 8. The predicted molar refractivity (Wildman–Crippen MR) is 89.2 cm³/mol. The molecule has 0 radical (unpaired) electrons. The fourth-order valence-corrected chi connectivity index (χ4v) is 2.37. The Morgan fingerprint density at radius 1 is 1.61 bits per heavy atom. The van der Waals surface area contributed by atoms with Crippen molar-refractivity contribution in [3.63, 3.8) is 0 Å². The van der Waals surface area contributed by atoms with Gasteiger partial charge in [-0.05, 0) is 24.6 Å². The van der Waals surface area contributed by atoms with Crippen molar-refractivity contribution in [3.8, 4) is 6.07 Å². The normalized spacial score (nSPS) is 10.4. The number of nitrogens with zero attached hydrogens (tertiary/aromatic N) is 3. The van der Waals surface area contributed by atoms with Crippen LogP contribution in [0, 0.1) is 11.3 Å². The number of aromatic nitrogens is 1. The Balaban J connectivity index is 1.95. The Morgan fingerprint density at radius 3 is 3.17 bits per heavy atom. The number of hydrogen-bond donors (Lipinski definition) is 2. The maximum atomic E-state index is 11.4. The first-order valence-electron chi connectivity index (χ1n) is 6.81. The van der Waals surface area contributed by atoms with Crippen molar-refractivity contribution in [3.05, 3.63) is 40.4 Å². The quantitative estimate of drug-likeness (QED) is 0.363. The number of nitrogens with one attached hydrogen (secondary N) is 1. The number of ether oxygens (including phenoxy) is 1. The van der Waals surface area contributed by atoms with E-state index < -0.39 is 0 Å². The highest BCUT2D eigenvalue weighted by Gasteiger charge is 2.07. The van der Waals surface area contributed by atoms with Gasteiger partial charge in [0.2, 0.25) is 5.13 Å². The van der Waals surface area contributed by atoms with Crippen molar-refractivity contribution < 1.29 is 9.53 Å². The predicted octanol–water partition coefficient (Wildman–Crippen LogP) is 2.15. The lowest BCUT2D eigenvalue weighted by molar-refractivity contribution is -0.142. The number of anilines is 2. The first kappa shape index (κ1) is 16.5. The molecule has 0 atom stereocenters. The largest absolute Gasteiger partial charge is 0.466 e. The molecule has 0 aliphatic rings. The molecular weight excluding hydrogens is 314 g/mol. The van der Waals surface area contributed by atoms with Crippen molar-refractivity contribution in [1.29, 1.82) is 5.26 Å². The second kappa shape index (κ2) is 7.91. The molecule has 0 bridgehead atoms. The van der Waals surface area contributed by atoms with Gasteiger partial charge in [0.05, 0.1) is 30.5 Å². The van der Waals surface area contributed by atoms with Crippen LogP contribution in [0.1, 0.15) is 23.7 Å². The summed E-state index contributed by atoms with van der Waals surface area (Å²) >= 11 is 1.34. The molecule has 0 saturated carbocycles. The summed E-state index contributed by atoms with van der Waals surface area (Å²) in [6.07, 6.45) is 1.70. The maximum absolute atomic E-state index is 11.4. The van der Waals surface area contributed by atoms with Crippen molar-refractivity contribution in [2.45, 2.75) is 13.3 Å². The molecule has 23 heavy (non-hydrogen) atoms. The summed E-state index contributed by atoms with van der Waals surface area (Å²) in [5.74, 6) is -0.307. The van der Waals surface area contributed by atoms with E-state index in [0.29, 0.717) is 28.7 Å². The Morgan fingerprint density at radius 2 is 2.43 bits per heavy atom. The number of rotatable bonds is 6. The van der Waals surface area contributed by atoms with Gasteiger partial charge in [-0.15, -0.1) is 11.3 Å². The van der Waals surface area contributed by atoms with Crippen LogP contribution in [0.25, 0.3) is 0 Å². The molecule has 7 nitrogen and oxygen atoms in total. The fourth-order valence-electron chi connectivity index (χ4n) is 1.71. The van der Waals surface area contributed by atoms with Gasteiger partial charge >= 0.3 is 5.97 Å². The topological polar surface area (TPSA) is 113 Å². The maximum Gasteiger partial charge on any atom is 0.311 e. The van der Waals surface area contributed by atoms with E-state index in [1.54, 1.807) is 36.7 Å². The summed E-state index contributed by atoms with van der Waals surface area (Å²) in [5.41, 5.74) is 10.6. The van der Waals surface area contributed by atoms with Crippen molar-refractivity contribution in [1.82, 2.24) is 4.98 Å². The van der Waals surface area contributed by atoms with Gasteiger partial charge in [0.15, 0.2) is 0 Å². The van der Waals surface area contributed by atoms with Crippen LogP contribution in [0.2, 0.25) is 0 Å². The number of hydrazone groups is 1. The van der Waals surface area contributed by atoms with Gasteiger partial charge in [-0.3, -0.25) is 10.2 Å². The van der Waals surface area contributed by atoms with E-state index in [4.69, 9.17) is 15.7 Å². The number of thiazole rings is 1. The molecule has 2 rings (SSSR count). The second-order valence-corrected chi connectivity index (χ2v) is 5.31. The van der Waals surface area contributed by atoms with Crippen LogP contribution in [-0.4, -0.2) is 23.8 Å². The number of carbonyl (C=O) groups excluding carboxylic acids is 1. The van der Waals surface area contributed by atoms with Crippen LogP contribution in [-0.2, 0) is 16.0 Å². The van der Waals surface area contributed by atoms with Gasteiger partial charge in [0.1, 0.15) is 6.07 Å². The zero-order valence-corrected chi connectivity index (χ0v) is 13.3. The zero-order chi connectivity index (χ0) is 16.7. The molecule has 0 amide bonds. The van der Waals surface area contributed by atoms with Crippen LogP contribution >= 0.6 is 11.3 Å². The third kappa shape index (κ3) is 4.79. The number of nitriles is 1. The van der Waals surface area contributed by atoms with Gasteiger partial charge in [0, 0.05) is 11.1 Å². The molecule has 0 saturated heterocycles. The number of carbonyl (C=O) groups is 1. The van der Waals surface area contributed by atoms with E-state index in [-0.39, 0.29) is 12.4 Å². The minimum atomic E-state index is -0.307. The number of nitrogens with two attached hydrogens (primary N) is 1. The Bertz CT molecular complexity index is 763. The standard InChI is InChI=1S/C15H15N5O2S/c1-2-22-14(21)6-12-9-23-15(19-12)20-18-8-10-3-4-13(17)11(5-10)7-16/h3-5,8-9H,2,6,17H2,1H3,(H,19,20). The van der Waals surface area contributed by atoms with Crippen LogP contribution < -0.4 is 11.2 Å². The first-order chi connectivity index (χ1) is 11.1. The van der Waals surface area contributed by atoms with E-state index in [1.807, 2.05) is 6.07 Å². The molecule has 1 heterocycles. The third-order valence-electron chi connectivity index (χ3n) is 2.75. The van der Waals surface area contributed by atoms with Gasteiger partial charge < -0.3 is 10.5 Å². The van der Waals surface area contributed by atoms with E-state index >= 15 is 0 Å². The van der Waals surface area contributed by atoms with Gasteiger partial charge in [-0.25, -0.2) is 4.98 Å². The Kier molecular flexibility index (Phi) is 5.66. The first-order valence-corrected chi connectivity index (χ1v) is 7.69.